The number of aryl methyl sites for hydroxylation is 1. The second-order valence-electron chi connectivity index (χ2n) is 12.6. The number of pyridine rings is 1. The summed E-state index contributed by atoms with van der Waals surface area (Å²) in [6.07, 6.45) is 2.80. The fourth-order valence-corrected chi connectivity index (χ4v) is 6.98. The van der Waals surface area contributed by atoms with Crippen molar-refractivity contribution in [2.24, 2.45) is 0 Å². The number of nitrogens with zero attached hydrogens (tertiary/aromatic N) is 7. The molecular weight excluding hydrogens is 621 g/mol. The van der Waals surface area contributed by atoms with E-state index >= 15 is 4.39 Å². The molecule has 5 heterocycles. The lowest BCUT2D eigenvalue weighted by molar-refractivity contribution is -0.0366. The lowest BCUT2D eigenvalue weighted by Crippen LogP contribution is -2.48. The van der Waals surface area contributed by atoms with Crippen molar-refractivity contribution < 1.29 is 33.2 Å². The van der Waals surface area contributed by atoms with Crippen molar-refractivity contribution in [1.82, 2.24) is 24.6 Å². The number of benzene rings is 2. The van der Waals surface area contributed by atoms with Crippen LogP contribution < -0.4 is 14.4 Å². The van der Waals surface area contributed by atoms with Gasteiger partial charge in [-0.2, -0.15) is 10.4 Å². The Labute approximate surface area is 276 Å². The van der Waals surface area contributed by atoms with Crippen LogP contribution in [0, 0.1) is 24.1 Å². The highest BCUT2D eigenvalue weighted by atomic mass is 19.1. The van der Waals surface area contributed by atoms with Crippen LogP contribution in [0.3, 0.4) is 0 Å². The fraction of sp³-hybridized carbons (Fsp3) is 0.471. The number of amides is 1. The molecule has 0 aliphatic carbocycles. The van der Waals surface area contributed by atoms with Crippen LogP contribution in [0.1, 0.15) is 36.6 Å². The highest BCUT2D eigenvalue weighted by Gasteiger charge is 2.35. The van der Waals surface area contributed by atoms with Crippen LogP contribution in [0.4, 0.5) is 14.9 Å². The molecule has 3 aliphatic rings. The Morgan fingerprint density at radius 2 is 1.92 bits per heavy atom. The number of nitriles is 1. The van der Waals surface area contributed by atoms with Gasteiger partial charge in [-0.15, -0.1) is 0 Å². The summed E-state index contributed by atoms with van der Waals surface area (Å²) in [5.74, 6) is 0.157. The van der Waals surface area contributed by atoms with E-state index in [1.807, 2.05) is 35.7 Å². The first-order chi connectivity index (χ1) is 23.2. The van der Waals surface area contributed by atoms with Crippen LogP contribution in [0.2, 0.25) is 0 Å². The molecule has 3 fully saturated rings. The molecule has 252 valence electrons. The van der Waals surface area contributed by atoms with Crippen LogP contribution >= 0.6 is 0 Å². The lowest BCUT2D eigenvalue weighted by atomic mass is 10.1. The van der Waals surface area contributed by atoms with Crippen LogP contribution in [0.5, 0.6) is 17.4 Å². The van der Waals surface area contributed by atoms with Gasteiger partial charge in [0.25, 0.3) is 0 Å². The van der Waals surface area contributed by atoms with Gasteiger partial charge in [0.2, 0.25) is 5.88 Å². The molecule has 0 bridgehead atoms. The van der Waals surface area contributed by atoms with Gasteiger partial charge in [-0.1, -0.05) is 6.07 Å². The predicted octanol–water partition coefficient (Wildman–Crippen LogP) is 4.90. The van der Waals surface area contributed by atoms with Crippen molar-refractivity contribution in [3.05, 3.63) is 47.4 Å². The number of hydrogen-bond acceptors (Lipinski definition) is 10. The van der Waals surface area contributed by atoms with Crippen molar-refractivity contribution in [1.29, 1.82) is 5.26 Å². The molecule has 3 atom stereocenters. The first-order valence-electron chi connectivity index (χ1n) is 16.2. The molecule has 2 aromatic carbocycles. The molecule has 2 aromatic heterocycles. The Hall–Kier alpha value is -4.71. The largest absolute Gasteiger partial charge is 0.469 e. The molecule has 1 unspecified atom stereocenters. The van der Waals surface area contributed by atoms with Gasteiger partial charge in [-0.05, 0) is 50.9 Å². The third-order valence-corrected chi connectivity index (χ3v) is 9.47. The Kier molecular flexibility index (Phi) is 8.67. The smallest absolute Gasteiger partial charge is 0.407 e. The summed E-state index contributed by atoms with van der Waals surface area (Å²) in [4.78, 5) is 21.8. The number of methoxy groups -OCH3 is 1. The number of carboxylic acid groups (broad SMARTS) is 1. The minimum Gasteiger partial charge on any atom is -0.469 e. The zero-order chi connectivity index (χ0) is 33.5. The van der Waals surface area contributed by atoms with E-state index in [0.717, 1.165) is 35.7 Å². The number of hydrogen-bond donors (Lipinski definition) is 1. The van der Waals surface area contributed by atoms with Gasteiger partial charge in [0.15, 0.2) is 12.0 Å². The zero-order valence-corrected chi connectivity index (χ0v) is 27.2. The maximum Gasteiger partial charge on any atom is 0.407 e. The molecule has 14 heteroatoms. The minimum absolute atomic E-state index is 0.0802. The van der Waals surface area contributed by atoms with E-state index in [4.69, 9.17) is 23.9 Å². The number of piperazine rings is 1. The molecular formula is C34H38FN7O6. The number of aromatic nitrogens is 3. The van der Waals surface area contributed by atoms with E-state index in [-0.39, 0.29) is 42.6 Å². The van der Waals surface area contributed by atoms with E-state index in [1.165, 1.54) is 17.0 Å². The molecule has 0 radical (unpaired) electrons. The normalized spacial score (nSPS) is 21.9. The molecule has 3 saturated heterocycles. The van der Waals surface area contributed by atoms with E-state index in [0.29, 0.717) is 55.1 Å². The van der Waals surface area contributed by atoms with Gasteiger partial charge < -0.3 is 33.9 Å². The molecule has 7 rings (SSSR count). The number of halogens is 1. The highest BCUT2D eigenvalue weighted by Crippen LogP contribution is 2.43. The summed E-state index contributed by atoms with van der Waals surface area (Å²) in [7, 11) is 3.58. The molecule has 1 amide bonds. The van der Waals surface area contributed by atoms with E-state index in [9.17, 15) is 15.2 Å². The monoisotopic (exact) mass is 659 g/mol. The molecule has 0 saturated carbocycles. The first-order valence-corrected chi connectivity index (χ1v) is 16.2. The third kappa shape index (κ3) is 5.82. The number of likely N-dealkylation sites (N-methyl/N-ethyl adjacent to an activating group) is 1. The first kappa shape index (κ1) is 31.9. The molecule has 48 heavy (non-hydrogen) atoms. The predicted molar refractivity (Wildman–Crippen MR) is 174 cm³/mol. The van der Waals surface area contributed by atoms with Gasteiger partial charge in [-0.3, -0.25) is 4.90 Å². The van der Waals surface area contributed by atoms with Crippen LogP contribution in [-0.4, -0.2) is 108 Å². The third-order valence-electron chi connectivity index (χ3n) is 9.47. The molecule has 4 aromatic rings. The Morgan fingerprint density at radius 3 is 2.62 bits per heavy atom. The molecule has 3 aliphatic heterocycles. The number of carbonyl (C=O) groups is 1. The second kappa shape index (κ2) is 13.1. The van der Waals surface area contributed by atoms with Gasteiger partial charge in [0.05, 0.1) is 22.8 Å². The molecule has 0 spiro atoms. The van der Waals surface area contributed by atoms with Gasteiger partial charge in [0, 0.05) is 64.4 Å². The minimum atomic E-state index is -1.01. The summed E-state index contributed by atoms with van der Waals surface area (Å²) in [5, 5.41) is 25.8. The number of fused-ring (bicyclic) bond motifs is 2. The number of rotatable bonds is 7. The maximum atomic E-state index is 15.6. The summed E-state index contributed by atoms with van der Waals surface area (Å²) in [6, 6.07) is 8.80. The fourth-order valence-electron chi connectivity index (χ4n) is 6.98. The van der Waals surface area contributed by atoms with E-state index in [1.54, 1.807) is 13.3 Å². The Morgan fingerprint density at radius 1 is 1.12 bits per heavy atom. The number of ether oxygens (including phenoxy) is 4. The van der Waals surface area contributed by atoms with Gasteiger partial charge in [0.1, 0.15) is 40.9 Å². The van der Waals surface area contributed by atoms with Crippen LogP contribution in [0.25, 0.3) is 21.8 Å². The zero-order valence-electron chi connectivity index (χ0n) is 27.2. The lowest BCUT2D eigenvalue weighted by Gasteiger charge is -2.36. The highest BCUT2D eigenvalue weighted by molar-refractivity contribution is 5.99. The van der Waals surface area contributed by atoms with E-state index < -0.39 is 18.0 Å². The van der Waals surface area contributed by atoms with Crippen molar-refractivity contribution in [2.45, 2.75) is 44.6 Å². The average molecular weight is 660 g/mol. The molecule has 13 nitrogen and oxygen atoms in total. The van der Waals surface area contributed by atoms with Gasteiger partial charge in [-0.25, -0.2) is 18.9 Å². The quantitative estimate of drug-likeness (QED) is 0.290. The molecule has 1 N–H and O–H groups in total. The number of anilines is 1. The van der Waals surface area contributed by atoms with Crippen LogP contribution in [-0.2, 0) is 9.47 Å². The Balaban J connectivity index is 1.37. The second-order valence-corrected chi connectivity index (χ2v) is 12.6. The summed E-state index contributed by atoms with van der Waals surface area (Å²) < 4.78 is 42.2. The van der Waals surface area contributed by atoms with Crippen molar-refractivity contribution in [3.63, 3.8) is 0 Å². The summed E-state index contributed by atoms with van der Waals surface area (Å²) in [6.45, 7) is 4.80. The Bertz CT molecular complexity index is 1900. The van der Waals surface area contributed by atoms with Crippen molar-refractivity contribution in [3.8, 4) is 23.4 Å². The SMILES string of the molecule is CO[C@@H]1CN(C)C[C@H]1Oc1nc2c(Oc3c(C)ccc4c3cnn4C3CCCCO3)cc(F)cc2c(N2CCN(C(=O)O)CC2)c1C#N. The maximum absolute atomic E-state index is 15.6. The number of likely N-dealkylation sites (tertiary alicyclic amines) is 1. The van der Waals surface area contributed by atoms with Gasteiger partial charge >= 0.3 is 6.09 Å². The van der Waals surface area contributed by atoms with Crippen molar-refractivity contribution in [2.75, 3.05) is 64.9 Å². The van der Waals surface area contributed by atoms with E-state index in [2.05, 4.69) is 16.1 Å². The van der Waals surface area contributed by atoms with Crippen molar-refractivity contribution >= 4 is 33.6 Å². The standard InChI is InChI=1S/C34H38FN7O6/c1-20-7-8-25-24(17-37-42(25)29-6-4-5-13-46-29)32(20)47-26-15-21(35)14-22-30(26)38-33(48-28-19-39(2)18-27(28)45-3)23(16-36)31(22)40-9-11-41(12-10-40)34(43)44/h7-8,14-15,17,27-29H,4-6,9-13,18-19H2,1-3H3,(H,43,44)/t27-,28-,29?/m1/s1. The summed E-state index contributed by atoms with van der Waals surface area (Å²) in [5.41, 5.74) is 2.51. The summed E-state index contributed by atoms with van der Waals surface area (Å²) >= 11 is 0. The average Bonchev–Trinajstić information content (AvgIpc) is 3.68. The topological polar surface area (TPSA) is 138 Å². The van der Waals surface area contributed by atoms with Crippen LogP contribution in [0.15, 0.2) is 30.5 Å².